The molecule has 9 heteroatoms. The maximum absolute atomic E-state index is 11.5. The Bertz CT molecular complexity index is 1320. The smallest absolute Gasteiger partial charge is 0.302 e. The van der Waals surface area contributed by atoms with Crippen LogP contribution in [0.1, 0.15) is 152 Å². The monoisotopic (exact) mass is 722 g/mol. The number of allylic oxidation sites excluding steroid dienone is 15. The van der Waals surface area contributed by atoms with Crippen LogP contribution in [-0.4, -0.2) is 21.3 Å². The molecule has 1 atom stereocenters. The van der Waals surface area contributed by atoms with E-state index >= 15 is 0 Å². The van der Waals surface area contributed by atoms with Crippen LogP contribution in [0.25, 0.3) is 0 Å². The highest BCUT2D eigenvalue weighted by Crippen LogP contribution is 2.57. The Balaban J connectivity index is 4.28. The molecule has 0 saturated heterocycles. The minimum Gasteiger partial charge on any atom is -0.302 e. The van der Waals surface area contributed by atoms with Gasteiger partial charge < -0.3 is 14.7 Å². The lowest BCUT2D eigenvalue weighted by Crippen LogP contribution is -1.94. The van der Waals surface area contributed by atoms with E-state index < -0.39 is 15.6 Å². The predicted octanol–water partition coefficient (Wildman–Crippen LogP) is 13.3. The Morgan fingerprint density at radius 2 is 0.673 bits per heavy atom. The highest BCUT2D eigenvalue weighted by molar-refractivity contribution is 7.60. The molecule has 0 aromatic heterocycles. The minimum atomic E-state index is -5.10. The standard InChI is InChI=1S/C40H68O7P2/c1-33(2)17-10-18-34(3)19-11-20-35(4)21-12-22-36(5)23-13-24-37(6)25-14-26-38(7)27-15-28-39(8)29-16-30-40(9)31-32-46-49(44,45)47-48(41,42)43/h17,19,21,23,25,27,29,31H,10-16,18,20,22,24,26,28,30,32H2,1-9H3,(H,44,45)(H2,41,42,43). The third-order valence-corrected chi connectivity index (χ3v) is 10.3. The summed E-state index contributed by atoms with van der Waals surface area (Å²) in [6.07, 6.45) is 32.9. The van der Waals surface area contributed by atoms with Crippen molar-refractivity contribution in [1.29, 1.82) is 0 Å². The molecule has 0 aromatic rings. The van der Waals surface area contributed by atoms with E-state index in [0.717, 1.165) is 89.0 Å². The van der Waals surface area contributed by atoms with Crippen molar-refractivity contribution < 1.29 is 32.6 Å². The maximum Gasteiger partial charge on any atom is 0.481 e. The van der Waals surface area contributed by atoms with E-state index in [-0.39, 0.29) is 6.61 Å². The van der Waals surface area contributed by atoms with Gasteiger partial charge >= 0.3 is 15.6 Å². The number of phosphoric ester groups is 1. The summed E-state index contributed by atoms with van der Waals surface area (Å²) in [7, 11) is -9.90. The van der Waals surface area contributed by atoms with Crippen LogP contribution in [0, 0.1) is 0 Å². The van der Waals surface area contributed by atoms with Gasteiger partial charge in [0, 0.05) is 0 Å². The quantitative estimate of drug-likeness (QED) is 0.0601. The van der Waals surface area contributed by atoms with Gasteiger partial charge in [-0.2, -0.15) is 4.31 Å². The first-order valence-electron chi connectivity index (χ1n) is 17.9. The molecule has 0 saturated carbocycles. The van der Waals surface area contributed by atoms with Crippen LogP contribution in [0.2, 0.25) is 0 Å². The van der Waals surface area contributed by atoms with E-state index in [4.69, 9.17) is 9.79 Å². The number of rotatable bonds is 26. The lowest BCUT2D eigenvalue weighted by atomic mass is 10.0. The SMILES string of the molecule is CC(C)=CCCC(C)=CCCC(C)=CCCC(C)=CCCC(C)=CCCC(C)=CCCC(C)=CCCC(C)=CCOP(=O)(O)OP(=O)(O)O. The zero-order valence-electron chi connectivity index (χ0n) is 32.1. The normalized spacial score (nSPS) is 15.9. The zero-order valence-corrected chi connectivity index (χ0v) is 33.9. The van der Waals surface area contributed by atoms with Crippen molar-refractivity contribution in [2.75, 3.05) is 6.61 Å². The predicted molar refractivity (Wildman–Crippen MR) is 209 cm³/mol. The molecule has 3 N–H and O–H groups in total. The molecule has 280 valence electrons. The Hall–Kier alpha value is -1.82. The summed E-state index contributed by atoms with van der Waals surface area (Å²) in [6, 6.07) is 0. The van der Waals surface area contributed by atoms with Crippen LogP contribution in [-0.2, 0) is 18.0 Å². The lowest BCUT2D eigenvalue weighted by molar-refractivity contribution is 0.191. The fourth-order valence-corrected chi connectivity index (χ4v) is 6.54. The summed E-state index contributed by atoms with van der Waals surface area (Å²) in [5.74, 6) is 0. The fraction of sp³-hybridized carbons (Fsp3) is 0.600. The van der Waals surface area contributed by atoms with Gasteiger partial charge in [-0.3, -0.25) is 4.52 Å². The summed E-state index contributed by atoms with van der Waals surface area (Å²) in [4.78, 5) is 26.6. The van der Waals surface area contributed by atoms with E-state index in [2.05, 4.69) is 107 Å². The van der Waals surface area contributed by atoms with Crippen molar-refractivity contribution in [3.8, 4) is 0 Å². The van der Waals surface area contributed by atoms with Gasteiger partial charge in [-0.05, 0) is 152 Å². The summed E-state index contributed by atoms with van der Waals surface area (Å²) in [5, 5.41) is 0. The van der Waals surface area contributed by atoms with E-state index in [1.807, 2.05) is 6.92 Å². The second-order valence-corrected chi connectivity index (χ2v) is 16.6. The summed E-state index contributed by atoms with van der Waals surface area (Å²) in [6.45, 7) is 19.3. The molecule has 0 aromatic carbocycles. The Morgan fingerprint density at radius 3 is 0.918 bits per heavy atom. The zero-order chi connectivity index (χ0) is 37.3. The van der Waals surface area contributed by atoms with Crippen LogP contribution in [0.5, 0.6) is 0 Å². The highest BCUT2D eigenvalue weighted by Gasteiger charge is 2.31. The van der Waals surface area contributed by atoms with Crippen molar-refractivity contribution in [2.24, 2.45) is 0 Å². The summed E-state index contributed by atoms with van der Waals surface area (Å²) < 4.78 is 30.5. The Morgan fingerprint density at radius 1 is 0.429 bits per heavy atom. The molecule has 0 aliphatic heterocycles. The fourth-order valence-electron chi connectivity index (χ4n) is 5.01. The van der Waals surface area contributed by atoms with Crippen LogP contribution in [0.15, 0.2) is 93.2 Å². The number of hydrogen-bond donors (Lipinski definition) is 3. The molecule has 0 aliphatic carbocycles. The molecule has 0 aliphatic rings. The first kappa shape index (κ1) is 47.2. The first-order valence-corrected chi connectivity index (χ1v) is 20.9. The molecule has 0 rings (SSSR count). The van der Waals surface area contributed by atoms with Crippen LogP contribution >= 0.6 is 15.6 Å². The van der Waals surface area contributed by atoms with E-state index in [1.54, 1.807) is 6.08 Å². The molecule has 0 heterocycles. The van der Waals surface area contributed by atoms with Gasteiger partial charge in [0.2, 0.25) is 0 Å². The molecule has 7 nitrogen and oxygen atoms in total. The summed E-state index contributed by atoms with van der Waals surface area (Å²) in [5.41, 5.74) is 11.0. The van der Waals surface area contributed by atoms with E-state index in [1.165, 1.54) is 45.4 Å². The number of hydrogen-bond acceptors (Lipinski definition) is 4. The van der Waals surface area contributed by atoms with Gasteiger partial charge in [0.1, 0.15) is 0 Å². The van der Waals surface area contributed by atoms with Crippen molar-refractivity contribution >= 4 is 15.6 Å². The van der Waals surface area contributed by atoms with Gasteiger partial charge in [-0.25, -0.2) is 9.13 Å². The molecule has 0 fully saturated rings. The van der Waals surface area contributed by atoms with Gasteiger partial charge in [-0.15, -0.1) is 0 Å². The third kappa shape index (κ3) is 31.9. The van der Waals surface area contributed by atoms with Crippen molar-refractivity contribution in [3.63, 3.8) is 0 Å². The molecule has 0 amide bonds. The van der Waals surface area contributed by atoms with Crippen LogP contribution in [0.3, 0.4) is 0 Å². The van der Waals surface area contributed by atoms with Crippen molar-refractivity contribution in [1.82, 2.24) is 0 Å². The van der Waals surface area contributed by atoms with Gasteiger partial charge in [0.05, 0.1) is 6.61 Å². The Kier molecular flexibility index (Phi) is 25.9. The van der Waals surface area contributed by atoms with Crippen molar-refractivity contribution in [2.45, 2.75) is 152 Å². The topological polar surface area (TPSA) is 113 Å². The van der Waals surface area contributed by atoms with E-state index in [9.17, 15) is 14.0 Å². The van der Waals surface area contributed by atoms with Crippen molar-refractivity contribution in [3.05, 3.63) is 93.2 Å². The van der Waals surface area contributed by atoms with E-state index in [0.29, 0.717) is 0 Å². The summed E-state index contributed by atoms with van der Waals surface area (Å²) >= 11 is 0. The third-order valence-electron chi connectivity index (χ3n) is 8.16. The average Bonchev–Trinajstić information content (AvgIpc) is 2.95. The lowest BCUT2D eigenvalue weighted by Gasteiger charge is -2.11. The highest BCUT2D eigenvalue weighted by atomic mass is 31.3. The first-order chi connectivity index (χ1) is 22.9. The second-order valence-electron chi connectivity index (χ2n) is 13.7. The molecule has 0 radical (unpaired) electrons. The molecular weight excluding hydrogens is 654 g/mol. The average molecular weight is 723 g/mol. The molecule has 49 heavy (non-hydrogen) atoms. The number of phosphoric acid groups is 2. The maximum atomic E-state index is 11.5. The molecular formula is C40H68O7P2. The molecule has 0 bridgehead atoms. The van der Waals surface area contributed by atoms with Gasteiger partial charge in [0.15, 0.2) is 0 Å². The largest absolute Gasteiger partial charge is 0.481 e. The molecule has 0 spiro atoms. The van der Waals surface area contributed by atoms with Crippen LogP contribution < -0.4 is 0 Å². The van der Waals surface area contributed by atoms with Crippen LogP contribution in [0.4, 0.5) is 0 Å². The van der Waals surface area contributed by atoms with Gasteiger partial charge in [-0.1, -0.05) is 93.2 Å². The van der Waals surface area contributed by atoms with Gasteiger partial charge in [0.25, 0.3) is 0 Å². The Labute approximate surface area is 299 Å². The minimum absolute atomic E-state index is 0.272. The second kappa shape index (κ2) is 26.9. The molecule has 1 unspecified atom stereocenters.